The van der Waals surface area contributed by atoms with Gasteiger partial charge in [0.1, 0.15) is 6.61 Å². The molecule has 9 nitrogen and oxygen atoms in total. The Bertz CT molecular complexity index is 1090. The Balaban J connectivity index is 4.09. The van der Waals surface area contributed by atoms with Crippen molar-refractivity contribution in [2.24, 2.45) is 5.73 Å². The van der Waals surface area contributed by atoms with Crippen LogP contribution in [0.4, 0.5) is 0 Å². The fraction of sp³-hybridized carbons (Fsp3) is 0.733. The molecule has 0 aromatic carbocycles. The van der Waals surface area contributed by atoms with Crippen LogP contribution in [-0.2, 0) is 32.7 Å². The van der Waals surface area contributed by atoms with Crippen molar-refractivity contribution in [1.29, 1.82) is 0 Å². The summed E-state index contributed by atoms with van der Waals surface area (Å²) in [6.45, 7) is 3.47. The minimum Gasteiger partial charge on any atom is -0.462 e. The first-order chi connectivity index (χ1) is 26.8. The smallest absolute Gasteiger partial charge is 0.462 e. The van der Waals surface area contributed by atoms with Crippen LogP contribution >= 0.6 is 7.82 Å². The van der Waals surface area contributed by atoms with E-state index in [2.05, 4.69) is 56.4 Å². The minimum atomic E-state index is -4.38. The highest BCUT2D eigenvalue weighted by molar-refractivity contribution is 7.47. The van der Waals surface area contributed by atoms with E-state index in [0.29, 0.717) is 6.42 Å². The lowest BCUT2D eigenvalue weighted by Gasteiger charge is -2.19. The van der Waals surface area contributed by atoms with Crippen LogP contribution in [0.1, 0.15) is 181 Å². The Morgan fingerprint density at radius 2 is 1.04 bits per heavy atom. The number of carbonyl (C=O) groups is 2. The number of rotatable bonds is 40. The fourth-order valence-electron chi connectivity index (χ4n) is 5.79. The highest BCUT2D eigenvalue weighted by Crippen LogP contribution is 2.43. The van der Waals surface area contributed by atoms with Crippen molar-refractivity contribution in [2.75, 3.05) is 26.4 Å². The van der Waals surface area contributed by atoms with Gasteiger partial charge in [-0.05, 0) is 57.8 Å². The van der Waals surface area contributed by atoms with Gasteiger partial charge in [-0.2, -0.15) is 0 Å². The highest BCUT2D eigenvalue weighted by atomic mass is 31.2. The maximum Gasteiger partial charge on any atom is 0.472 e. The molecule has 318 valence electrons. The van der Waals surface area contributed by atoms with Crippen molar-refractivity contribution >= 4 is 19.8 Å². The van der Waals surface area contributed by atoms with Crippen LogP contribution < -0.4 is 5.73 Å². The van der Waals surface area contributed by atoms with E-state index in [1.807, 2.05) is 18.2 Å². The van der Waals surface area contributed by atoms with Gasteiger partial charge >= 0.3 is 19.8 Å². The molecule has 3 N–H and O–H groups in total. The predicted molar refractivity (Wildman–Crippen MR) is 229 cm³/mol. The maximum atomic E-state index is 12.5. The number of carbonyl (C=O) groups excluding carboxylic acids is 2. The molecule has 0 aliphatic rings. The Morgan fingerprint density at radius 3 is 1.58 bits per heavy atom. The summed E-state index contributed by atoms with van der Waals surface area (Å²) < 4.78 is 32.7. The molecule has 0 bridgehead atoms. The summed E-state index contributed by atoms with van der Waals surface area (Å²) in [5.41, 5.74) is 5.34. The number of allylic oxidation sites excluding steroid dienone is 10. The van der Waals surface area contributed by atoms with Crippen molar-refractivity contribution in [2.45, 2.75) is 187 Å². The van der Waals surface area contributed by atoms with Crippen LogP contribution in [0.25, 0.3) is 0 Å². The van der Waals surface area contributed by atoms with Gasteiger partial charge in [0.2, 0.25) is 0 Å². The second-order valence-electron chi connectivity index (χ2n) is 14.2. The monoisotopic (exact) mass is 794 g/mol. The summed E-state index contributed by atoms with van der Waals surface area (Å²) in [7, 11) is -4.38. The molecule has 10 heteroatoms. The number of hydrogen-bond donors (Lipinski definition) is 2. The van der Waals surface area contributed by atoms with E-state index in [1.54, 1.807) is 0 Å². The quantitative estimate of drug-likeness (QED) is 0.0204. The van der Waals surface area contributed by atoms with E-state index in [0.717, 1.165) is 70.6 Å². The second-order valence-corrected chi connectivity index (χ2v) is 15.7. The molecule has 0 spiro atoms. The van der Waals surface area contributed by atoms with Gasteiger partial charge in [-0.3, -0.25) is 18.6 Å². The molecule has 0 aliphatic carbocycles. The van der Waals surface area contributed by atoms with Gasteiger partial charge in [-0.25, -0.2) is 4.57 Å². The Hall–Kier alpha value is -2.29. The van der Waals surface area contributed by atoms with E-state index in [1.165, 1.54) is 77.0 Å². The summed E-state index contributed by atoms with van der Waals surface area (Å²) in [4.78, 5) is 34.8. The number of hydrogen-bond acceptors (Lipinski definition) is 8. The summed E-state index contributed by atoms with van der Waals surface area (Å²) >= 11 is 0. The zero-order valence-corrected chi connectivity index (χ0v) is 35.8. The maximum absolute atomic E-state index is 12.5. The summed E-state index contributed by atoms with van der Waals surface area (Å²) in [5.74, 6) is -0.855. The number of esters is 2. The number of nitrogens with two attached hydrogens (primary N) is 1. The average molecular weight is 794 g/mol. The van der Waals surface area contributed by atoms with Crippen molar-refractivity contribution in [1.82, 2.24) is 0 Å². The van der Waals surface area contributed by atoms with Crippen molar-refractivity contribution < 1.29 is 37.6 Å². The highest BCUT2D eigenvalue weighted by Gasteiger charge is 2.26. The molecule has 0 rings (SSSR count). The van der Waals surface area contributed by atoms with Gasteiger partial charge in [0.15, 0.2) is 6.10 Å². The summed E-state index contributed by atoms with van der Waals surface area (Å²) in [6, 6.07) is 0. The molecule has 0 aromatic rings. The molecule has 2 unspecified atom stereocenters. The molecule has 0 saturated carbocycles. The number of unbranched alkanes of at least 4 members (excludes halogenated alkanes) is 19. The lowest BCUT2D eigenvalue weighted by molar-refractivity contribution is -0.161. The first-order valence-corrected chi connectivity index (χ1v) is 23.3. The third-order valence-corrected chi connectivity index (χ3v) is 9.94. The zero-order valence-electron chi connectivity index (χ0n) is 34.9. The average Bonchev–Trinajstić information content (AvgIpc) is 3.17. The van der Waals surface area contributed by atoms with Crippen LogP contribution in [-0.4, -0.2) is 49.3 Å². The first-order valence-electron chi connectivity index (χ1n) is 21.8. The van der Waals surface area contributed by atoms with Gasteiger partial charge in [0.25, 0.3) is 0 Å². The van der Waals surface area contributed by atoms with Gasteiger partial charge in [0.05, 0.1) is 13.2 Å². The molecule has 0 heterocycles. The second kappa shape index (κ2) is 41.3. The molecule has 2 atom stereocenters. The van der Waals surface area contributed by atoms with Gasteiger partial charge in [-0.15, -0.1) is 0 Å². The van der Waals surface area contributed by atoms with E-state index in [9.17, 15) is 19.0 Å². The van der Waals surface area contributed by atoms with Crippen molar-refractivity contribution in [3.63, 3.8) is 0 Å². The lowest BCUT2D eigenvalue weighted by atomic mass is 10.0. The Labute approximate surface area is 336 Å². The number of phosphoric ester groups is 1. The minimum absolute atomic E-state index is 0.0477. The normalized spacial score (nSPS) is 13.9. The Kier molecular flexibility index (Phi) is 39.6. The van der Waals surface area contributed by atoms with Crippen LogP contribution in [0.2, 0.25) is 0 Å². The van der Waals surface area contributed by atoms with Crippen LogP contribution in [0, 0.1) is 0 Å². The van der Waals surface area contributed by atoms with Gasteiger partial charge in [-0.1, -0.05) is 171 Å². The predicted octanol–water partition coefficient (Wildman–Crippen LogP) is 12.5. The molecule has 0 aliphatic heterocycles. The summed E-state index contributed by atoms with van der Waals surface area (Å²) in [6.07, 6.45) is 48.3. The van der Waals surface area contributed by atoms with E-state index in [4.69, 9.17) is 24.3 Å². The third-order valence-electron chi connectivity index (χ3n) is 8.96. The van der Waals surface area contributed by atoms with E-state index < -0.39 is 26.5 Å². The topological polar surface area (TPSA) is 134 Å². The molecule has 0 aromatic heterocycles. The van der Waals surface area contributed by atoms with Crippen molar-refractivity contribution in [3.8, 4) is 0 Å². The standard InChI is InChI=1S/C45H80NO8P/c1-3-5-7-9-11-13-15-17-18-19-20-21-22-23-24-26-27-29-31-33-35-37-44(47)51-41-43(42-53-55(49,50)52-40-39-46)54-45(48)38-36-34-32-30-28-25-16-14-12-10-8-6-4-2/h5-8,10-14,16,43H,3-4,9,15,17-42,46H2,1-2H3,(H,49,50)/b7-5+,8-6+,12-10+,13-11+,16-14+. The first kappa shape index (κ1) is 52.7. The molecule has 0 amide bonds. The van der Waals surface area contributed by atoms with Crippen molar-refractivity contribution in [3.05, 3.63) is 60.8 Å². The SMILES string of the molecule is CC/C=C/C=C/C=C/CCCCCCCC(=O)OC(COC(=O)CCCCCCCCCCCCCCCC/C=C/C/C=C/CC)COP(=O)(O)OCCN. The lowest BCUT2D eigenvalue weighted by Crippen LogP contribution is -2.29. The van der Waals surface area contributed by atoms with Crippen LogP contribution in [0.3, 0.4) is 0 Å². The fourth-order valence-corrected chi connectivity index (χ4v) is 6.55. The summed E-state index contributed by atoms with van der Waals surface area (Å²) in [5, 5.41) is 0. The molecule has 0 saturated heterocycles. The number of phosphoric acid groups is 1. The van der Waals surface area contributed by atoms with Crippen LogP contribution in [0.5, 0.6) is 0 Å². The largest absolute Gasteiger partial charge is 0.472 e. The molecule has 55 heavy (non-hydrogen) atoms. The third kappa shape index (κ3) is 41.2. The van der Waals surface area contributed by atoms with E-state index >= 15 is 0 Å². The van der Waals surface area contributed by atoms with Gasteiger partial charge < -0.3 is 20.1 Å². The molecule has 0 radical (unpaired) electrons. The van der Waals surface area contributed by atoms with Crippen LogP contribution in [0.15, 0.2) is 60.8 Å². The molecule has 0 fully saturated rings. The zero-order chi connectivity index (χ0) is 40.3. The molecular formula is C45H80NO8P. The molecular weight excluding hydrogens is 713 g/mol. The van der Waals surface area contributed by atoms with E-state index in [-0.39, 0.29) is 38.6 Å². The van der Waals surface area contributed by atoms with Gasteiger partial charge in [0, 0.05) is 19.4 Å². The Morgan fingerprint density at radius 1 is 0.564 bits per heavy atom. The number of ether oxygens (including phenoxy) is 2.